The number of ether oxygens (including phenoxy) is 1. The number of hydrogen-bond acceptors (Lipinski definition) is 3. The van der Waals surface area contributed by atoms with Crippen LogP contribution in [0.2, 0.25) is 0 Å². The van der Waals surface area contributed by atoms with E-state index in [1.807, 2.05) is 0 Å². The van der Waals surface area contributed by atoms with E-state index in [-0.39, 0.29) is 10.8 Å². The van der Waals surface area contributed by atoms with Crippen LogP contribution in [0.1, 0.15) is 47.5 Å². The van der Waals surface area contributed by atoms with Gasteiger partial charge in [0.25, 0.3) is 0 Å². The van der Waals surface area contributed by atoms with Crippen LogP contribution in [0, 0.1) is 10.8 Å². The molecule has 3 unspecified atom stereocenters. The molecule has 0 spiro atoms. The Kier molecular flexibility index (Phi) is 4.99. The predicted octanol–water partition coefficient (Wildman–Crippen LogP) is 2.15. The van der Waals surface area contributed by atoms with Gasteiger partial charge in [0.15, 0.2) is 0 Å². The molecular formula is C14H30N2O. The molecule has 3 atom stereocenters. The monoisotopic (exact) mass is 242 g/mol. The van der Waals surface area contributed by atoms with Gasteiger partial charge in [-0.25, -0.2) is 0 Å². The van der Waals surface area contributed by atoms with Crippen LogP contribution in [0.3, 0.4) is 0 Å². The minimum Gasteiger partial charge on any atom is -0.378 e. The van der Waals surface area contributed by atoms with Crippen molar-refractivity contribution in [3.05, 3.63) is 0 Å². The van der Waals surface area contributed by atoms with E-state index in [4.69, 9.17) is 10.5 Å². The van der Waals surface area contributed by atoms with E-state index in [0.29, 0.717) is 12.1 Å². The lowest BCUT2D eigenvalue weighted by atomic mass is 9.64. The maximum absolute atomic E-state index is 5.84. The fourth-order valence-corrected chi connectivity index (χ4v) is 2.43. The zero-order chi connectivity index (χ0) is 13.1. The minimum atomic E-state index is 0.229. The zero-order valence-corrected chi connectivity index (χ0v) is 12.2. The lowest BCUT2D eigenvalue weighted by Gasteiger charge is -2.52. The van der Waals surface area contributed by atoms with Crippen molar-refractivity contribution in [3.8, 4) is 0 Å². The molecule has 0 aliphatic heterocycles. The van der Waals surface area contributed by atoms with Gasteiger partial charge in [0.1, 0.15) is 0 Å². The van der Waals surface area contributed by atoms with Gasteiger partial charge in [-0.05, 0) is 31.7 Å². The third-order valence-corrected chi connectivity index (χ3v) is 4.67. The standard InChI is InChI=1S/C14H30N2O/c1-6-14(5,9-15)10-16-11-8-12(17-7-2)13(11,3)4/h11-12,16H,6-10,15H2,1-5H3. The number of hydrogen-bond donors (Lipinski definition) is 2. The van der Waals surface area contributed by atoms with E-state index in [0.717, 1.165) is 32.5 Å². The van der Waals surface area contributed by atoms with Gasteiger partial charge in [0.2, 0.25) is 0 Å². The van der Waals surface area contributed by atoms with Crippen molar-refractivity contribution < 1.29 is 4.74 Å². The molecule has 0 bridgehead atoms. The third kappa shape index (κ3) is 3.21. The Balaban J connectivity index is 2.40. The van der Waals surface area contributed by atoms with Crippen molar-refractivity contribution in [2.75, 3.05) is 19.7 Å². The van der Waals surface area contributed by atoms with Gasteiger partial charge in [0, 0.05) is 24.6 Å². The first-order valence-electron chi connectivity index (χ1n) is 6.94. The average molecular weight is 242 g/mol. The van der Waals surface area contributed by atoms with Crippen LogP contribution in [0.25, 0.3) is 0 Å². The Morgan fingerprint density at radius 2 is 2.06 bits per heavy atom. The Morgan fingerprint density at radius 3 is 2.47 bits per heavy atom. The van der Waals surface area contributed by atoms with Crippen molar-refractivity contribution >= 4 is 0 Å². The fraction of sp³-hybridized carbons (Fsp3) is 1.00. The summed E-state index contributed by atoms with van der Waals surface area (Å²) in [7, 11) is 0. The molecule has 0 aromatic carbocycles. The SMILES string of the molecule is CCOC1CC(NCC(C)(CC)CN)C1(C)C. The smallest absolute Gasteiger partial charge is 0.0655 e. The van der Waals surface area contributed by atoms with Crippen LogP contribution in [-0.2, 0) is 4.74 Å². The van der Waals surface area contributed by atoms with Gasteiger partial charge >= 0.3 is 0 Å². The maximum atomic E-state index is 5.84. The lowest BCUT2D eigenvalue weighted by molar-refractivity contribution is -0.115. The molecule has 0 radical (unpaired) electrons. The normalized spacial score (nSPS) is 30.7. The van der Waals surface area contributed by atoms with Crippen LogP contribution in [0.4, 0.5) is 0 Å². The van der Waals surface area contributed by atoms with Gasteiger partial charge in [-0.15, -0.1) is 0 Å². The summed E-state index contributed by atoms with van der Waals surface area (Å²) < 4.78 is 5.74. The van der Waals surface area contributed by atoms with Crippen molar-refractivity contribution in [3.63, 3.8) is 0 Å². The molecule has 1 fully saturated rings. The van der Waals surface area contributed by atoms with Crippen molar-refractivity contribution in [1.29, 1.82) is 0 Å². The van der Waals surface area contributed by atoms with Gasteiger partial charge in [0.05, 0.1) is 6.10 Å². The average Bonchev–Trinajstić information content (AvgIpc) is 2.32. The quantitative estimate of drug-likeness (QED) is 0.719. The molecule has 3 N–H and O–H groups in total. The summed E-state index contributed by atoms with van der Waals surface area (Å²) in [6, 6.07) is 0.566. The van der Waals surface area contributed by atoms with E-state index in [2.05, 4.69) is 39.9 Å². The molecule has 102 valence electrons. The second-order valence-corrected chi connectivity index (χ2v) is 6.30. The van der Waals surface area contributed by atoms with Crippen LogP contribution in [-0.4, -0.2) is 31.8 Å². The maximum Gasteiger partial charge on any atom is 0.0655 e. The van der Waals surface area contributed by atoms with Crippen molar-refractivity contribution in [2.24, 2.45) is 16.6 Å². The lowest BCUT2D eigenvalue weighted by Crippen LogP contribution is -2.62. The van der Waals surface area contributed by atoms with Crippen molar-refractivity contribution in [2.45, 2.75) is 59.6 Å². The highest BCUT2D eigenvalue weighted by molar-refractivity contribution is 5.03. The topological polar surface area (TPSA) is 47.3 Å². The molecule has 1 aliphatic carbocycles. The molecular weight excluding hydrogens is 212 g/mol. The Morgan fingerprint density at radius 1 is 1.41 bits per heavy atom. The Hall–Kier alpha value is -0.120. The Bertz CT molecular complexity index is 236. The molecule has 1 rings (SSSR count). The molecule has 0 heterocycles. The molecule has 3 nitrogen and oxygen atoms in total. The highest BCUT2D eigenvalue weighted by Gasteiger charge is 2.48. The number of nitrogens with one attached hydrogen (secondary N) is 1. The molecule has 1 aliphatic rings. The van der Waals surface area contributed by atoms with Gasteiger partial charge in [-0.1, -0.05) is 27.7 Å². The molecule has 3 heteroatoms. The van der Waals surface area contributed by atoms with Crippen LogP contribution < -0.4 is 11.1 Å². The van der Waals surface area contributed by atoms with Crippen LogP contribution in [0.5, 0.6) is 0 Å². The molecule has 0 aromatic rings. The summed E-state index contributed by atoms with van der Waals surface area (Å²) in [4.78, 5) is 0. The van der Waals surface area contributed by atoms with E-state index >= 15 is 0 Å². The summed E-state index contributed by atoms with van der Waals surface area (Å²) in [5, 5.41) is 3.68. The molecule has 0 aromatic heterocycles. The highest BCUT2D eigenvalue weighted by atomic mass is 16.5. The Labute approximate surface area is 106 Å². The first-order valence-corrected chi connectivity index (χ1v) is 6.94. The molecule has 0 amide bonds. The third-order valence-electron chi connectivity index (χ3n) is 4.67. The van der Waals surface area contributed by atoms with E-state index in [1.54, 1.807) is 0 Å². The number of nitrogens with two attached hydrogens (primary N) is 1. The van der Waals surface area contributed by atoms with E-state index < -0.39 is 0 Å². The van der Waals surface area contributed by atoms with Crippen LogP contribution >= 0.6 is 0 Å². The predicted molar refractivity (Wildman–Crippen MR) is 73.1 cm³/mol. The minimum absolute atomic E-state index is 0.229. The summed E-state index contributed by atoms with van der Waals surface area (Å²) >= 11 is 0. The summed E-state index contributed by atoms with van der Waals surface area (Å²) in [6.07, 6.45) is 2.67. The second kappa shape index (κ2) is 5.68. The van der Waals surface area contributed by atoms with E-state index in [9.17, 15) is 0 Å². The van der Waals surface area contributed by atoms with Gasteiger partial charge < -0.3 is 15.8 Å². The molecule has 1 saturated carbocycles. The highest BCUT2D eigenvalue weighted by Crippen LogP contribution is 2.43. The number of rotatable bonds is 7. The van der Waals surface area contributed by atoms with Gasteiger partial charge in [-0.2, -0.15) is 0 Å². The van der Waals surface area contributed by atoms with Gasteiger partial charge in [-0.3, -0.25) is 0 Å². The first kappa shape index (κ1) is 14.9. The largest absolute Gasteiger partial charge is 0.378 e. The van der Waals surface area contributed by atoms with Crippen LogP contribution in [0.15, 0.2) is 0 Å². The van der Waals surface area contributed by atoms with E-state index in [1.165, 1.54) is 0 Å². The summed E-state index contributed by atoms with van der Waals surface area (Å²) in [5.41, 5.74) is 6.32. The molecule has 17 heavy (non-hydrogen) atoms. The second-order valence-electron chi connectivity index (χ2n) is 6.30. The van der Waals surface area contributed by atoms with Crippen molar-refractivity contribution in [1.82, 2.24) is 5.32 Å². The molecule has 0 saturated heterocycles. The first-order chi connectivity index (χ1) is 7.89. The summed E-state index contributed by atoms with van der Waals surface area (Å²) in [5.74, 6) is 0. The fourth-order valence-electron chi connectivity index (χ4n) is 2.43. The zero-order valence-electron chi connectivity index (χ0n) is 12.2. The summed E-state index contributed by atoms with van der Waals surface area (Å²) in [6.45, 7) is 13.7.